The van der Waals surface area contributed by atoms with Crippen molar-refractivity contribution in [2.75, 3.05) is 18.0 Å². The molecule has 1 saturated heterocycles. The van der Waals surface area contributed by atoms with Crippen LogP contribution in [0, 0.1) is 6.92 Å². The van der Waals surface area contributed by atoms with Gasteiger partial charge in [-0.05, 0) is 53.4 Å². The first kappa shape index (κ1) is 14.3. The van der Waals surface area contributed by atoms with Gasteiger partial charge in [-0.3, -0.25) is 0 Å². The lowest BCUT2D eigenvalue weighted by Gasteiger charge is -2.33. The van der Waals surface area contributed by atoms with E-state index in [-0.39, 0.29) is 6.10 Å². The lowest BCUT2D eigenvalue weighted by atomic mass is 10.1. The van der Waals surface area contributed by atoms with Crippen LogP contribution in [0.15, 0.2) is 35.2 Å². The Morgan fingerprint density at radius 1 is 1.19 bits per heavy atom. The zero-order chi connectivity index (χ0) is 14.7. The number of aromatic nitrogens is 3. The number of pyridine rings is 1. The van der Waals surface area contributed by atoms with Crippen molar-refractivity contribution in [3.05, 3.63) is 40.8 Å². The molecule has 0 aliphatic carbocycles. The first-order valence-corrected chi connectivity index (χ1v) is 7.82. The molecule has 1 atom stereocenters. The molecule has 1 aliphatic heterocycles. The molecule has 0 aromatic carbocycles. The maximum absolute atomic E-state index is 5.88. The summed E-state index contributed by atoms with van der Waals surface area (Å²) in [6.45, 7) is 3.78. The standard InChI is InChI=1S/C15H17BrN4O/c1-11-7-18-15(19-8-11)21-13-3-2-6-20(10-13)14-5-4-12(16)9-17-14/h4-5,7-9,13H,2-3,6,10H2,1H3. The molecule has 1 unspecified atom stereocenters. The monoisotopic (exact) mass is 348 g/mol. The molecule has 0 bridgehead atoms. The van der Waals surface area contributed by atoms with Crippen LogP contribution in [0.4, 0.5) is 5.82 Å². The number of hydrogen-bond acceptors (Lipinski definition) is 5. The van der Waals surface area contributed by atoms with E-state index in [0.29, 0.717) is 6.01 Å². The predicted molar refractivity (Wildman–Crippen MR) is 84.6 cm³/mol. The molecule has 0 N–H and O–H groups in total. The van der Waals surface area contributed by atoms with Crippen LogP contribution in [0.25, 0.3) is 0 Å². The third-order valence-corrected chi connectivity index (χ3v) is 3.91. The summed E-state index contributed by atoms with van der Waals surface area (Å²) in [4.78, 5) is 15.1. The quantitative estimate of drug-likeness (QED) is 0.853. The van der Waals surface area contributed by atoms with E-state index < -0.39 is 0 Å². The summed E-state index contributed by atoms with van der Waals surface area (Å²) in [6.07, 6.45) is 7.58. The normalized spacial score (nSPS) is 18.6. The third-order valence-electron chi connectivity index (χ3n) is 3.44. The molecule has 1 aliphatic rings. The maximum Gasteiger partial charge on any atom is 0.316 e. The summed E-state index contributed by atoms with van der Waals surface area (Å²) in [5, 5.41) is 0. The highest BCUT2D eigenvalue weighted by molar-refractivity contribution is 9.10. The van der Waals surface area contributed by atoms with Gasteiger partial charge in [0.05, 0.1) is 6.54 Å². The number of halogens is 1. The van der Waals surface area contributed by atoms with Crippen molar-refractivity contribution in [3.8, 4) is 6.01 Å². The van der Waals surface area contributed by atoms with Crippen LogP contribution in [-0.2, 0) is 0 Å². The van der Waals surface area contributed by atoms with Gasteiger partial charge >= 0.3 is 6.01 Å². The van der Waals surface area contributed by atoms with Crippen molar-refractivity contribution in [2.45, 2.75) is 25.9 Å². The van der Waals surface area contributed by atoms with Gasteiger partial charge in [0, 0.05) is 29.6 Å². The summed E-state index contributed by atoms with van der Waals surface area (Å²) in [6, 6.07) is 4.49. The largest absolute Gasteiger partial charge is 0.458 e. The minimum atomic E-state index is 0.104. The average molecular weight is 349 g/mol. The second-order valence-corrected chi connectivity index (χ2v) is 6.12. The molecular weight excluding hydrogens is 332 g/mol. The summed E-state index contributed by atoms with van der Waals surface area (Å²) in [5.41, 5.74) is 1.03. The Labute approximate surface area is 132 Å². The first-order chi connectivity index (χ1) is 10.2. The van der Waals surface area contributed by atoms with Gasteiger partial charge in [-0.15, -0.1) is 0 Å². The summed E-state index contributed by atoms with van der Waals surface area (Å²) >= 11 is 3.41. The van der Waals surface area contributed by atoms with Crippen LogP contribution < -0.4 is 9.64 Å². The van der Waals surface area contributed by atoms with Crippen LogP contribution in [-0.4, -0.2) is 34.1 Å². The molecular formula is C15H17BrN4O. The Balaban J connectivity index is 1.65. The highest BCUT2D eigenvalue weighted by Crippen LogP contribution is 2.21. The van der Waals surface area contributed by atoms with Gasteiger partial charge in [-0.2, -0.15) is 0 Å². The summed E-state index contributed by atoms with van der Waals surface area (Å²) < 4.78 is 6.87. The van der Waals surface area contributed by atoms with Crippen LogP contribution in [0.3, 0.4) is 0 Å². The van der Waals surface area contributed by atoms with Crippen molar-refractivity contribution in [1.82, 2.24) is 15.0 Å². The number of hydrogen-bond donors (Lipinski definition) is 0. The van der Waals surface area contributed by atoms with E-state index in [2.05, 4.69) is 35.8 Å². The van der Waals surface area contributed by atoms with Crippen molar-refractivity contribution >= 4 is 21.7 Å². The van der Waals surface area contributed by atoms with Crippen LogP contribution >= 0.6 is 15.9 Å². The number of ether oxygens (including phenoxy) is 1. The van der Waals surface area contributed by atoms with E-state index in [1.54, 1.807) is 12.4 Å². The zero-order valence-corrected chi connectivity index (χ0v) is 13.5. The molecule has 0 radical (unpaired) electrons. The van der Waals surface area contributed by atoms with Crippen LogP contribution in [0.2, 0.25) is 0 Å². The van der Waals surface area contributed by atoms with Crippen LogP contribution in [0.1, 0.15) is 18.4 Å². The molecule has 110 valence electrons. The van der Waals surface area contributed by atoms with Crippen molar-refractivity contribution < 1.29 is 4.74 Å². The summed E-state index contributed by atoms with van der Waals surface area (Å²) in [5.74, 6) is 0.983. The van der Waals surface area contributed by atoms with Gasteiger partial charge in [0.15, 0.2) is 0 Å². The molecule has 2 aromatic rings. The number of aryl methyl sites for hydroxylation is 1. The maximum atomic E-state index is 5.88. The smallest absolute Gasteiger partial charge is 0.316 e. The molecule has 1 fully saturated rings. The molecule has 0 amide bonds. The Kier molecular flexibility index (Phi) is 4.34. The fourth-order valence-electron chi connectivity index (χ4n) is 2.39. The Morgan fingerprint density at radius 3 is 2.71 bits per heavy atom. The highest BCUT2D eigenvalue weighted by atomic mass is 79.9. The van der Waals surface area contributed by atoms with Gasteiger partial charge in [-0.25, -0.2) is 15.0 Å². The molecule has 0 saturated carbocycles. The van der Waals surface area contributed by atoms with Crippen molar-refractivity contribution in [3.63, 3.8) is 0 Å². The second-order valence-electron chi connectivity index (χ2n) is 5.21. The predicted octanol–water partition coefficient (Wildman–Crippen LogP) is 2.99. The topological polar surface area (TPSA) is 51.1 Å². The Morgan fingerprint density at radius 2 is 2.00 bits per heavy atom. The molecule has 0 spiro atoms. The van der Waals surface area contributed by atoms with Crippen molar-refractivity contribution in [1.29, 1.82) is 0 Å². The molecule has 6 heteroatoms. The van der Waals surface area contributed by atoms with E-state index >= 15 is 0 Å². The Hall–Kier alpha value is -1.69. The summed E-state index contributed by atoms with van der Waals surface area (Å²) in [7, 11) is 0. The van der Waals surface area contributed by atoms with E-state index in [4.69, 9.17) is 4.74 Å². The Bertz CT molecular complexity index is 588. The lowest BCUT2D eigenvalue weighted by molar-refractivity contribution is 0.164. The van der Waals surface area contributed by atoms with Gasteiger partial charge in [-0.1, -0.05) is 0 Å². The number of nitrogens with zero attached hydrogens (tertiary/aromatic N) is 4. The first-order valence-electron chi connectivity index (χ1n) is 7.02. The van der Waals surface area contributed by atoms with E-state index in [9.17, 15) is 0 Å². The SMILES string of the molecule is Cc1cnc(OC2CCCN(c3ccc(Br)cn3)C2)nc1. The number of anilines is 1. The van der Waals surface area contributed by atoms with Gasteiger partial charge in [0.2, 0.25) is 0 Å². The second kappa shape index (κ2) is 6.39. The fraction of sp³-hybridized carbons (Fsp3) is 0.400. The molecule has 21 heavy (non-hydrogen) atoms. The zero-order valence-electron chi connectivity index (χ0n) is 11.9. The van der Waals surface area contributed by atoms with Gasteiger partial charge in [0.25, 0.3) is 0 Å². The molecule has 5 nitrogen and oxygen atoms in total. The molecule has 3 rings (SSSR count). The minimum Gasteiger partial charge on any atom is -0.458 e. The average Bonchev–Trinajstić information content (AvgIpc) is 2.51. The van der Waals surface area contributed by atoms with Gasteiger partial charge in [0.1, 0.15) is 11.9 Å². The molecule has 2 aromatic heterocycles. The fourth-order valence-corrected chi connectivity index (χ4v) is 2.62. The van der Waals surface area contributed by atoms with E-state index in [1.807, 2.05) is 25.3 Å². The van der Waals surface area contributed by atoms with E-state index in [1.165, 1.54) is 0 Å². The highest BCUT2D eigenvalue weighted by Gasteiger charge is 2.23. The molecule has 3 heterocycles. The number of piperidine rings is 1. The van der Waals surface area contributed by atoms with Crippen LogP contribution in [0.5, 0.6) is 6.01 Å². The van der Waals surface area contributed by atoms with E-state index in [0.717, 1.165) is 41.8 Å². The third kappa shape index (κ3) is 3.69. The van der Waals surface area contributed by atoms with Gasteiger partial charge < -0.3 is 9.64 Å². The number of rotatable bonds is 3. The lowest BCUT2D eigenvalue weighted by Crippen LogP contribution is -2.41. The minimum absolute atomic E-state index is 0.104. The van der Waals surface area contributed by atoms with Crippen molar-refractivity contribution in [2.24, 2.45) is 0 Å².